The van der Waals surface area contributed by atoms with E-state index in [4.69, 9.17) is 0 Å². The van der Waals surface area contributed by atoms with Crippen molar-refractivity contribution in [1.82, 2.24) is 5.32 Å². The van der Waals surface area contributed by atoms with E-state index in [1.807, 2.05) is 0 Å². The van der Waals surface area contributed by atoms with Gasteiger partial charge in [-0.1, -0.05) is 0 Å². The van der Waals surface area contributed by atoms with Crippen molar-refractivity contribution in [3.63, 3.8) is 0 Å². The molecule has 1 aromatic rings. The molecule has 0 aliphatic rings. The smallest absolute Gasteiger partial charge is 0.200 e. The number of Topliss-reactive ketones (excluding diaryl/α,β-unsaturated/α-hetero) is 1. The fraction of sp³-hybridized carbons (Fsp3) is 0.300. The third-order valence-corrected chi connectivity index (χ3v) is 1.87. The highest BCUT2D eigenvalue weighted by molar-refractivity contribution is 5.98. The predicted molar refractivity (Wildman–Crippen MR) is 51.2 cm³/mol. The minimum Gasteiger partial charge on any atom is -0.494 e. The van der Waals surface area contributed by atoms with Gasteiger partial charge in [0.05, 0.1) is 13.7 Å². The minimum absolute atomic E-state index is 0.0637. The zero-order valence-corrected chi connectivity index (χ0v) is 8.43. The van der Waals surface area contributed by atoms with Crippen LogP contribution in [0.3, 0.4) is 0 Å². The molecule has 15 heavy (non-hydrogen) atoms. The van der Waals surface area contributed by atoms with Gasteiger partial charge in [0, 0.05) is 5.56 Å². The highest BCUT2D eigenvalue weighted by atomic mass is 19.2. The molecule has 3 nitrogen and oxygen atoms in total. The number of likely N-dealkylation sites (N-methyl/N-ethyl adjacent to an activating group) is 1. The minimum atomic E-state index is -1.09. The first-order chi connectivity index (χ1) is 7.10. The van der Waals surface area contributed by atoms with Gasteiger partial charge >= 0.3 is 0 Å². The number of methoxy groups -OCH3 is 1. The molecule has 0 spiro atoms. The van der Waals surface area contributed by atoms with Crippen LogP contribution in [0.25, 0.3) is 0 Å². The molecule has 0 atom stereocenters. The van der Waals surface area contributed by atoms with E-state index in [0.29, 0.717) is 0 Å². The van der Waals surface area contributed by atoms with Crippen molar-refractivity contribution >= 4 is 5.78 Å². The van der Waals surface area contributed by atoms with E-state index in [0.717, 1.165) is 6.07 Å². The molecule has 0 heterocycles. The van der Waals surface area contributed by atoms with Gasteiger partial charge in [-0.15, -0.1) is 0 Å². The van der Waals surface area contributed by atoms with Crippen LogP contribution in [0, 0.1) is 11.6 Å². The molecule has 1 N–H and O–H groups in total. The Kier molecular flexibility index (Phi) is 3.74. The average Bonchev–Trinajstić information content (AvgIpc) is 2.22. The molecule has 0 amide bonds. The molecule has 0 bridgehead atoms. The molecule has 0 saturated heterocycles. The number of benzene rings is 1. The Labute approximate surface area is 86.0 Å². The van der Waals surface area contributed by atoms with Crippen LogP contribution in [0.5, 0.6) is 5.75 Å². The van der Waals surface area contributed by atoms with E-state index in [9.17, 15) is 13.6 Å². The topological polar surface area (TPSA) is 38.3 Å². The number of hydrogen-bond acceptors (Lipinski definition) is 3. The molecule has 0 aliphatic carbocycles. The van der Waals surface area contributed by atoms with E-state index in [1.54, 1.807) is 7.05 Å². The molecular formula is C10H11F2NO2. The van der Waals surface area contributed by atoms with Crippen LogP contribution >= 0.6 is 0 Å². The standard InChI is InChI=1S/C10H11F2NO2/c1-13-5-8(14)6-3-7(11)10(12)9(4-6)15-2/h3-4,13H,5H2,1-2H3. The van der Waals surface area contributed by atoms with Crippen LogP contribution in [0.4, 0.5) is 8.78 Å². The maximum atomic E-state index is 13.0. The second-order valence-corrected chi connectivity index (χ2v) is 2.93. The zero-order chi connectivity index (χ0) is 11.4. The van der Waals surface area contributed by atoms with Crippen LogP contribution in [0.1, 0.15) is 10.4 Å². The summed E-state index contributed by atoms with van der Waals surface area (Å²) in [6, 6.07) is 2.04. The number of rotatable bonds is 4. The summed E-state index contributed by atoms with van der Waals surface area (Å²) in [5.41, 5.74) is 0.0834. The Bertz CT molecular complexity index is 380. The number of carbonyl (C=O) groups excluding carboxylic acids is 1. The lowest BCUT2D eigenvalue weighted by Crippen LogP contribution is -2.18. The molecule has 0 fully saturated rings. The summed E-state index contributed by atoms with van der Waals surface area (Å²) in [7, 11) is 2.80. The molecule has 82 valence electrons. The molecule has 5 heteroatoms. The van der Waals surface area contributed by atoms with Gasteiger partial charge in [-0.3, -0.25) is 4.79 Å². The van der Waals surface area contributed by atoms with Crippen molar-refractivity contribution < 1.29 is 18.3 Å². The van der Waals surface area contributed by atoms with Gasteiger partial charge in [0.2, 0.25) is 5.82 Å². The average molecular weight is 215 g/mol. The predicted octanol–water partition coefficient (Wildman–Crippen LogP) is 1.38. The lowest BCUT2D eigenvalue weighted by molar-refractivity contribution is 0.0992. The summed E-state index contributed by atoms with van der Waals surface area (Å²) in [4.78, 5) is 11.4. The van der Waals surface area contributed by atoms with Gasteiger partial charge in [0.15, 0.2) is 17.3 Å². The van der Waals surface area contributed by atoms with Gasteiger partial charge in [-0.2, -0.15) is 4.39 Å². The van der Waals surface area contributed by atoms with Gasteiger partial charge in [0.1, 0.15) is 0 Å². The highest BCUT2D eigenvalue weighted by Gasteiger charge is 2.14. The highest BCUT2D eigenvalue weighted by Crippen LogP contribution is 2.21. The second-order valence-electron chi connectivity index (χ2n) is 2.93. The van der Waals surface area contributed by atoms with Crippen LogP contribution in [0.2, 0.25) is 0 Å². The van der Waals surface area contributed by atoms with Crippen LogP contribution in [-0.4, -0.2) is 26.5 Å². The number of ketones is 1. The van der Waals surface area contributed by atoms with Crippen molar-refractivity contribution in [1.29, 1.82) is 0 Å². The quantitative estimate of drug-likeness (QED) is 0.771. The fourth-order valence-corrected chi connectivity index (χ4v) is 1.14. The maximum absolute atomic E-state index is 13.0. The molecule has 0 saturated carbocycles. The first-order valence-electron chi connectivity index (χ1n) is 4.31. The normalized spacial score (nSPS) is 10.1. The number of halogens is 2. The van der Waals surface area contributed by atoms with Crippen molar-refractivity contribution in [3.8, 4) is 5.75 Å². The van der Waals surface area contributed by atoms with Crippen molar-refractivity contribution in [2.24, 2.45) is 0 Å². The van der Waals surface area contributed by atoms with Gasteiger partial charge in [-0.05, 0) is 19.2 Å². The first kappa shape index (κ1) is 11.6. The van der Waals surface area contributed by atoms with Crippen LogP contribution in [-0.2, 0) is 0 Å². The van der Waals surface area contributed by atoms with Gasteiger partial charge < -0.3 is 10.1 Å². The summed E-state index contributed by atoms with van der Waals surface area (Å²) in [5, 5.41) is 2.63. The van der Waals surface area contributed by atoms with Gasteiger partial charge in [-0.25, -0.2) is 4.39 Å². The zero-order valence-electron chi connectivity index (χ0n) is 8.43. The summed E-state index contributed by atoms with van der Waals surface area (Å²) in [6.45, 7) is 0.0637. The van der Waals surface area contributed by atoms with E-state index in [-0.39, 0.29) is 23.6 Å². The lowest BCUT2D eigenvalue weighted by atomic mass is 10.1. The molecule has 0 unspecified atom stereocenters. The molecule has 0 aromatic heterocycles. The molecule has 0 aliphatic heterocycles. The monoisotopic (exact) mass is 215 g/mol. The van der Waals surface area contributed by atoms with Crippen molar-refractivity contribution in [3.05, 3.63) is 29.3 Å². The lowest BCUT2D eigenvalue weighted by Gasteiger charge is -2.06. The van der Waals surface area contributed by atoms with Gasteiger partial charge in [0.25, 0.3) is 0 Å². The Hall–Kier alpha value is -1.49. The van der Waals surface area contributed by atoms with E-state index < -0.39 is 11.6 Å². The SMILES string of the molecule is CNCC(=O)c1cc(F)c(F)c(OC)c1. The van der Waals surface area contributed by atoms with Crippen molar-refractivity contribution in [2.45, 2.75) is 0 Å². The Morgan fingerprint density at radius 1 is 1.47 bits per heavy atom. The number of ether oxygens (including phenoxy) is 1. The molecule has 1 aromatic carbocycles. The molecule has 0 radical (unpaired) electrons. The van der Waals surface area contributed by atoms with Crippen molar-refractivity contribution in [2.75, 3.05) is 20.7 Å². The van der Waals surface area contributed by atoms with Crippen LogP contribution in [0.15, 0.2) is 12.1 Å². The van der Waals surface area contributed by atoms with E-state index >= 15 is 0 Å². The fourth-order valence-electron chi connectivity index (χ4n) is 1.14. The third-order valence-electron chi connectivity index (χ3n) is 1.87. The third kappa shape index (κ3) is 2.50. The number of hydrogen-bond donors (Lipinski definition) is 1. The molecular weight excluding hydrogens is 204 g/mol. The Morgan fingerprint density at radius 2 is 2.13 bits per heavy atom. The summed E-state index contributed by atoms with van der Waals surface area (Å²) < 4.78 is 30.6. The van der Waals surface area contributed by atoms with E-state index in [2.05, 4.69) is 10.1 Å². The summed E-state index contributed by atoms with van der Waals surface area (Å²) in [5.74, 6) is -2.77. The maximum Gasteiger partial charge on any atom is 0.200 e. The first-order valence-corrected chi connectivity index (χ1v) is 4.31. The summed E-state index contributed by atoms with van der Waals surface area (Å²) >= 11 is 0. The second kappa shape index (κ2) is 4.84. The number of nitrogens with one attached hydrogen (secondary N) is 1. The van der Waals surface area contributed by atoms with E-state index in [1.165, 1.54) is 13.2 Å². The van der Waals surface area contributed by atoms with Crippen LogP contribution < -0.4 is 10.1 Å². The Balaban J connectivity index is 3.10. The molecule has 1 rings (SSSR count). The number of carbonyl (C=O) groups is 1. The largest absolute Gasteiger partial charge is 0.494 e. The summed E-state index contributed by atoms with van der Waals surface area (Å²) in [6.07, 6.45) is 0. The Morgan fingerprint density at radius 3 is 2.67 bits per heavy atom.